The average molecular weight is 246 g/mol. The van der Waals surface area contributed by atoms with Crippen LogP contribution in [-0.2, 0) is 9.59 Å². The first-order valence-corrected chi connectivity index (χ1v) is 6.15. The largest absolute Gasteiger partial charge is 0.353 e. The molecule has 2 aromatic rings. The molecule has 1 aromatic heterocycles. The maximum absolute atomic E-state index is 11.3. The van der Waals surface area contributed by atoms with Gasteiger partial charge >= 0.3 is 0 Å². The lowest BCUT2D eigenvalue weighted by Gasteiger charge is -2.27. The molecule has 0 radical (unpaired) electrons. The Kier molecular flexibility index (Phi) is 2.33. The highest BCUT2D eigenvalue weighted by Gasteiger charge is 2.22. The Balaban J connectivity index is 1.96. The zero-order chi connectivity index (χ0) is 11.8. The molecule has 0 unspecified atom stereocenters. The zero-order valence-corrected chi connectivity index (χ0v) is 9.79. The van der Waals surface area contributed by atoms with Gasteiger partial charge in [0.25, 0.3) is 0 Å². The summed E-state index contributed by atoms with van der Waals surface area (Å²) in [6, 6.07) is 8.02. The van der Waals surface area contributed by atoms with Crippen LogP contribution in [0.2, 0.25) is 0 Å². The number of anilines is 1. The second-order valence-electron chi connectivity index (χ2n) is 3.97. The number of fused-ring (bicyclic) bond motifs is 1. The van der Waals surface area contributed by atoms with E-state index >= 15 is 0 Å². The number of carbonyl (C=O) groups is 2. The average Bonchev–Trinajstić information content (AvgIpc) is 2.74. The normalized spacial score (nSPS) is 16.4. The van der Waals surface area contributed by atoms with Gasteiger partial charge in [-0.25, -0.2) is 0 Å². The van der Waals surface area contributed by atoms with E-state index in [2.05, 4.69) is 5.32 Å². The van der Waals surface area contributed by atoms with E-state index in [1.165, 1.54) is 4.70 Å². The third kappa shape index (κ3) is 1.89. The second kappa shape index (κ2) is 3.85. The Labute approximate surface area is 102 Å². The molecule has 17 heavy (non-hydrogen) atoms. The lowest BCUT2D eigenvalue weighted by atomic mass is 10.2. The summed E-state index contributed by atoms with van der Waals surface area (Å²) in [7, 11) is 0. The molecule has 3 rings (SSSR count). The molecule has 2 heterocycles. The number of piperazine rings is 1. The van der Waals surface area contributed by atoms with E-state index in [4.69, 9.17) is 0 Å². The highest BCUT2D eigenvalue weighted by Crippen LogP contribution is 2.26. The van der Waals surface area contributed by atoms with Crippen molar-refractivity contribution in [2.45, 2.75) is 0 Å². The number of nitrogens with one attached hydrogen (secondary N) is 1. The van der Waals surface area contributed by atoms with Crippen molar-refractivity contribution in [2.24, 2.45) is 0 Å². The van der Waals surface area contributed by atoms with E-state index in [9.17, 15) is 9.59 Å². The predicted octanol–water partition coefficient (Wildman–Crippen LogP) is 1.36. The van der Waals surface area contributed by atoms with Crippen LogP contribution in [0, 0.1) is 0 Å². The van der Waals surface area contributed by atoms with E-state index in [0.29, 0.717) is 0 Å². The molecule has 1 saturated heterocycles. The number of rotatable bonds is 1. The lowest BCUT2D eigenvalue weighted by Crippen LogP contribution is -2.51. The molecular formula is C12H10N2O2S. The van der Waals surface area contributed by atoms with Crippen molar-refractivity contribution in [2.75, 3.05) is 18.0 Å². The smallest absolute Gasteiger partial charge is 0.246 e. The molecule has 1 aliphatic heterocycles. The van der Waals surface area contributed by atoms with Crippen molar-refractivity contribution in [3.63, 3.8) is 0 Å². The number of carbonyl (C=O) groups excluding carboxylic acids is 2. The van der Waals surface area contributed by atoms with Gasteiger partial charge in [-0.15, -0.1) is 11.3 Å². The van der Waals surface area contributed by atoms with Gasteiger partial charge < -0.3 is 4.90 Å². The molecule has 1 N–H and O–H groups in total. The Morgan fingerprint density at radius 2 is 1.88 bits per heavy atom. The standard InChI is InChI=1S/C12H10N2O2S/c15-11-6-14(7-12(16)13-11)9-1-2-10-8(5-9)3-4-17-10/h1-5H,6-7H2,(H,13,15,16). The summed E-state index contributed by atoms with van der Waals surface area (Å²) in [6.07, 6.45) is 0. The number of nitrogens with zero attached hydrogens (tertiary/aromatic N) is 1. The Morgan fingerprint density at radius 3 is 2.65 bits per heavy atom. The number of thiophene rings is 1. The molecule has 0 spiro atoms. The minimum Gasteiger partial charge on any atom is -0.353 e. The molecule has 0 aliphatic carbocycles. The number of amides is 2. The van der Waals surface area contributed by atoms with Crippen molar-refractivity contribution in [3.05, 3.63) is 29.6 Å². The summed E-state index contributed by atoms with van der Waals surface area (Å²) in [5.41, 5.74) is 0.916. The van der Waals surface area contributed by atoms with Gasteiger partial charge in [0.2, 0.25) is 11.8 Å². The monoisotopic (exact) mass is 246 g/mol. The van der Waals surface area contributed by atoms with Gasteiger partial charge in [0.15, 0.2) is 0 Å². The summed E-state index contributed by atoms with van der Waals surface area (Å²) in [5, 5.41) is 5.47. The van der Waals surface area contributed by atoms with Gasteiger partial charge in [-0.3, -0.25) is 14.9 Å². The summed E-state index contributed by atoms with van der Waals surface area (Å²) >= 11 is 1.68. The quantitative estimate of drug-likeness (QED) is 0.773. The molecule has 1 aromatic carbocycles. The van der Waals surface area contributed by atoms with Gasteiger partial charge in [-0.1, -0.05) is 0 Å². The van der Waals surface area contributed by atoms with Crippen LogP contribution in [0.4, 0.5) is 5.69 Å². The highest BCUT2D eigenvalue weighted by atomic mass is 32.1. The molecule has 2 amide bonds. The van der Waals surface area contributed by atoms with Crippen molar-refractivity contribution < 1.29 is 9.59 Å². The summed E-state index contributed by atoms with van der Waals surface area (Å²) in [6.45, 7) is 0.475. The third-order valence-electron chi connectivity index (χ3n) is 2.75. The first kappa shape index (κ1) is 10.3. The molecular weight excluding hydrogens is 236 g/mol. The molecule has 5 heteroatoms. The number of benzene rings is 1. The van der Waals surface area contributed by atoms with E-state index in [1.807, 2.05) is 29.6 Å². The van der Waals surface area contributed by atoms with Gasteiger partial charge in [-0.05, 0) is 35.0 Å². The second-order valence-corrected chi connectivity index (χ2v) is 4.92. The highest BCUT2D eigenvalue weighted by molar-refractivity contribution is 7.17. The SMILES string of the molecule is O=C1CN(c2ccc3sccc3c2)CC(=O)N1. The fraction of sp³-hybridized carbons (Fsp3) is 0.167. The molecule has 1 fully saturated rings. The molecule has 0 bridgehead atoms. The fourth-order valence-electron chi connectivity index (χ4n) is 1.97. The van der Waals surface area contributed by atoms with Crippen LogP contribution < -0.4 is 10.2 Å². The van der Waals surface area contributed by atoms with Gasteiger partial charge in [0, 0.05) is 10.4 Å². The Bertz CT molecular complexity index is 589. The van der Waals surface area contributed by atoms with Crippen LogP contribution in [0.25, 0.3) is 10.1 Å². The van der Waals surface area contributed by atoms with Gasteiger partial charge in [-0.2, -0.15) is 0 Å². The fourth-order valence-corrected chi connectivity index (χ4v) is 2.74. The molecule has 0 saturated carbocycles. The van der Waals surface area contributed by atoms with E-state index in [0.717, 1.165) is 11.1 Å². The lowest BCUT2D eigenvalue weighted by molar-refractivity contribution is -0.130. The third-order valence-corrected chi connectivity index (χ3v) is 3.65. The maximum Gasteiger partial charge on any atom is 0.246 e. The summed E-state index contributed by atoms with van der Waals surface area (Å²) < 4.78 is 1.21. The number of imide groups is 1. The predicted molar refractivity (Wildman–Crippen MR) is 67.2 cm³/mol. The van der Waals surface area contributed by atoms with Crippen molar-refractivity contribution in [3.8, 4) is 0 Å². The van der Waals surface area contributed by atoms with Crippen molar-refractivity contribution >= 4 is 38.9 Å². The maximum atomic E-state index is 11.3. The molecule has 1 aliphatic rings. The van der Waals surface area contributed by atoms with Crippen LogP contribution in [0.15, 0.2) is 29.6 Å². The first-order chi connectivity index (χ1) is 8.22. The summed E-state index contributed by atoms with van der Waals surface area (Å²) in [4.78, 5) is 24.4. The van der Waals surface area contributed by atoms with Gasteiger partial charge in [0.1, 0.15) is 0 Å². The summed E-state index contributed by atoms with van der Waals surface area (Å²) in [5.74, 6) is -0.488. The molecule has 0 atom stereocenters. The Morgan fingerprint density at radius 1 is 1.12 bits per heavy atom. The van der Waals surface area contributed by atoms with E-state index in [-0.39, 0.29) is 24.9 Å². The first-order valence-electron chi connectivity index (χ1n) is 5.27. The van der Waals surface area contributed by atoms with Crippen LogP contribution in [0.3, 0.4) is 0 Å². The minimum atomic E-state index is -0.244. The van der Waals surface area contributed by atoms with Crippen LogP contribution >= 0.6 is 11.3 Å². The van der Waals surface area contributed by atoms with E-state index < -0.39 is 0 Å². The minimum absolute atomic E-state index is 0.237. The van der Waals surface area contributed by atoms with Crippen molar-refractivity contribution in [1.82, 2.24) is 5.32 Å². The number of hydrogen-bond donors (Lipinski definition) is 1. The Hall–Kier alpha value is -1.88. The topological polar surface area (TPSA) is 49.4 Å². The molecule has 86 valence electrons. The van der Waals surface area contributed by atoms with Crippen LogP contribution in [0.5, 0.6) is 0 Å². The van der Waals surface area contributed by atoms with Crippen LogP contribution in [0.1, 0.15) is 0 Å². The van der Waals surface area contributed by atoms with Crippen molar-refractivity contribution in [1.29, 1.82) is 0 Å². The molecule has 4 nitrogen and oxygen atoms in total. The zero-order valence-electron chi connectivity index (χ0n) is 8.97. The van der Waals surface area contributed by atoms with Crippen LogP contribution in [-0.4, -0.2) is 24.9 Å². The van der Waals surface area contributed by atoms with Gasteiger partial charge in [0.05, 0.1) is 13.1 Å². The van der Waals surface area contributed by atoms with E-state index in [1.54, 1.807) is 16.2 Å². The number of hydrogen-bond acceptors (Lipinski definition) is 4.